The minimum absolute atomic E-state index is 0.166. The number of hydrogen-bond donors (Lipinski definition) is 1. The van der Waals surface area contributed by atoms with Gasteiger partial charge in [-0.3, -0.25) is 4.79 Å². The van der Waals surface area contributed by atoms with Crippen molar-refractivity contribution in [2.75, 3.05) is 12.4 Å². The number of benzene rings is 3. The molecule has 1 aromatic heterocycles. The third kappa shape index (κ3) is 3.00. The van der Waals surface area contributed by atoms with E-state index < -0.39 is 0 Å². The highest BCUT2D eigenvalue weighted by Gasteiger charge is 2.14. The first-order valence-corrected chi connectivity index (χ1v) is 8.55. The molecule has 0 aliphatic heterocycles. The van der Waals surface area contributed by atoms with Gasteiger partial charge in [-0.05, 0) is 35.0 Å². The molecule has 0 bridgehead atoms. The summed E-state index contributed by atoms with van der Waals surface area (Å²) in [4.78, 5) is 12.6. The van der Waals surface area contributed by atoms with Crippen LogP contribution in [-0.2, 0) is 11.2 Å². The molecule has 0 radical (unpaired) electrons. The molecule has 0 atom stereocenters. The molecule has 3 aromatic carbocycles. The number of furan rings is 1. The zero-order valence-corrected chi connectivity index (χ0v) is 14.8. The van der Waals surface area contributed by atoms with Gasteiger partial charge < -0.3 is 14.5 Å². The van der Waals surface area contributed by atoms with Crippen LogP contribution in [0.15, 0.2) is 65.3 Å². The summed E-state index contributed by atoms with van der Waals surface area (Å²) in [5.41, 5.74) is 2.16. The molecule has 0 saturated heterocycles. The fourth-order valence-corrected chi connectivity index (χ4v) is 3.32. The first-order valence-electron chi connectivity index (χ1n) is 8.17. The second kappa shape index (κ2) is 6.73. The van der Waals surface area contributed by atoms with Crippen molar-refractivity contribution in [2.45, 2.75) is 6.42 Å². The van der Waals surface area contributed by atoms with Crippen LogP contribution in [0.1, 0.15) is 5.56 Å². The number of rotatable bonds is 4. The molecule has 5 heteroatoms. The molecule has 1 N–H and O–H groups in total. The standard InChI is InChI=1S/C21H16ClNO3/c1-25-18-9-7-15(22)11-17(18)23-20(24)10-14-12-26-19-8-6-13-4-2-3-5-16(13)21(14)19/h2-9,11-12H,10H2,1H3,(H,23,24). The van der Waals surface area contributed by atoms with Crippen molar-refractivity contribution in [3.63, 3.8) is 0 Å². The summed E-state index contributed by atoms with van der Waals surface area (Å²) < 4.78 is 10.9. The van der Waals surface area contributed by atoms with E-state index >= 15 is 0 Å². The molecular formula is C21H16ClNO3. The van der Waals surface area contributed by atoms with E-state index in [-0.39, 0.29) is 12.3 Å². The first kappa shape index (κ1) is 16.5. The average Bonchev–Trinajstić information content (AvgIpc) is 3.05. The zero-order valence-electron chi connectivity index (χ0n) is 14.1. The number of nitrogens with one attached hydrogen (secondary N) is 1. The molecule has 0 aliphatic carbocycles. The fraction of sp³-hybridized carbons (Fsp3) is 0.0952. The Morgan fingerprint density at radius 2 is 2.00 bits per heavy atom. The maximum absolute atomic E-state index is 12.6. The highest BCUT2D eigenvalue weighted by molar-refractivity contribution is 6.31. The normalized spacial score (nSPS) is 11.0. The van der Waals surface area contributed by atoms with Gasteiger partial charge in [-0.2, -0.15) is 0 Å². The first-order chi connectivity index (χ1) is 12.7. The van der Waals surface area contributed by atoms with Crippen LogP contribution in [0.25, 0.3) is 21.7 Å². The molecule has 1 heterocycles. The molecule has 0 unspecified atom stereocenters. The second-order valence-corrected chi connectivity index (χ2v) is 6.43. The van der Waals surface area contributed by atoms with E-state index in [1.165, 1.54) is 0 Å². The van der Waals surface area contributed by atoms with Crippen LogP contribution in [0.3, 0.4) is 0 Å². The summed E-state index contributed by atoms with van der Waals surface area (Å²) in [5.74, 6) is 0.395. The van der Waals surface area contributed by atoms with Crippen LogP contribution >= 0.6 is 11.6 Å². The van der Waals surface area contributed by atoms with Crippen molar-refractivity contribution in [1.82, 2.24) is 0 Å². The Kier molecular flexibility index (Phi) is 4.27. The van der Waals surface area contributed by atoms with Gasteiger partial charge >= 0.3 is 0 Å². The number of hydrogen-bond acceptors (Lipinski definition) is 3. The van der Waals surface area contributed by atoms with E-state index in [1.54, 1.807) is 31.6 Å². The summed E-state index contributed by atoms with van der Waals surface area (Å²) in [6.45, 7) is 0. The SMILES string of the molecule is COc1ccc(Cl)cc1NC(=O)Cc1coc2ccc3ccccc3c12. The Morgan fingerprint density at radius 1 is 1.15 bits per heavy atom. The Bertz CT molecular complexity index is 1120. The summed E-state index contributed by atoms with van der Waals surface area (Å²) in [6, 6.07) is 17.1. The number of ether oxygens (including phenoxy) is 1. The van der Waals surface area contributed by atoms with Crippen molar-refractivity contribution in [3.8, 4) is 5.75 Å². The van der Waals surface area contributed by atoms with Crippen molar-refractivity contribution in [2.24, 2.45) is 0 Å². The van der Waals surface area contributed by atoms with Crippen molar-refractivity contribution >= 4 is 44.9 Å². The highest BCUT2D eigenvalue weighted by atomic mass is 35.5. The minimum Gasteiger partial charge on any atom is -0.495 e. The maximum Gasteiger partial charge on any atom is 0.229 e. The molecule has 4 rings (SSSR count). The van der Waals surface area contributed by atoms with E-state index in [0.29, 0.717) is 16.5 Å². The van der Waals surface area contributed by atoms with E-state index in [2.05, 4.69) is 5.32 Å². The van der Waals surface area contributed by atoms with Crippen molar-refractivity contribution < 1.29 is 13.9 Å². The van der Waals surface area contributed by atoms with Crippen molar-refractivity contribution in [1.29, 1.82) is 0 Å². The molecule has 0 fully saturated rings. The van der Waals surface area contributed by atoms with Gasteiger partial charge in [0, 0.05) is 16.0 Å². The van der Waals surface area contributed by atoms with E-state index in [0.717, 1.165) is 27.3 Å². The number of carbonyl (C=O) groups is 1. The molecule has 130 valence electrons. The summed E-state index contributed by atoms with van der Waals surface area (Å²) >= 11 is 6.02. The molecule has 0 aliphatic rings. The lowest BCUT2D eigenvalue weighted by atomic mass is 10.0. The summed E-state index contributed by atoms with van der Waals surface area (Å²) in [7, 11) is 1.55. The Morgan fingerprint density at radius 3 is 2.85 bits per heavy atom. The number of anilines is 1. The fourth-order valence-electron chi connectivity index (χ4n) is 3.15. The van der Waals surface area contributed by atoms with Gasteiger partial charge in [-0.25, -0.2) is 0 Å². The third-order valence-corrected chi connectivity index (χ3v) is 4.56. The van der Waals surface area contributed by atoms with Gasteiger partial charge in [0.15, 0.2) is 0 Å². The molecule has 26 heavy (non-hydrogen) atoms. The molecule has 1 amide bonds. The largest absolute Gasteiger partial charge is 0.495 e. The number of methoxy groups -OCH3 is 1. The molecule has 0 spiro atoms. The van der Waals surface area contributed by atoms with Crippen LogP contribution in [0, 0.1) is 0 Å². The van der Waals surface area contributed by atoms with Gasteiger partial charge in [-0.1, -0.05) is 41.9 Å². The van der Waals surface area contributed by atoms with Crippen LogP contribution in [-0.4, -0.2) is 13.0 Å². The number of amides is 1. The Hall–Kier alpha value is -2.98. The Balaban J connectivity index is 1.66. The van der Waals surface area contributed by atoms with Gasteiger partial charge in [0.1, 0.15) is 11.3 Å². The molecule has 4 aromatic rings. The van der Waals surface area contributed by atoms with E-state index in [4.69, 9.17) is 20.8 Å². The zero-order chi connectivity index (χ0) is 18.1. The number of halogens is 1. The lowest BCUT2D eigenvalue weighted by Gasteiger charge is -2.10. The number of fused-ring (bicyclic) bond motifs is 3. The van der Waals surface area contributed by atoms with E-state index in [1.807, 2.05) is 36.4 Å². The lowest BCUT2D eigenvalue weighted by Crippen LogP contribution is -2.14. The summed E-state index contributed by atoms with van der Waals surface area (Å²) in [5, 5.41) is 6.54. The topological polar surface area (TPSA) is 51.5 Å². The van der Waals surface area contributed by atoms with E-state index in [9.17, 15) is 4.79 Å². The van der Waals surface area contributed by atoms with Crippen LogP contribution in [0.4, 0.5) is 5.69 Å². The average molecular weight is 366 g/mol. The molecule has 0 saturated carbocycles. The van der Waals surface area contributed by atoms with Crippen LogP contribution in [0.2, 0.25) is 5.02 Å². The third-order valence-electron chi connectivity index (χ3n) is 4.33. The van der Waals surface area contributed by atoms with Gasteiger partial charge in [0.05, 0.1) is 25.5 Å². The van der Waals surface area contributed by atoms with Gasteiger partial charge in [0.25, 0.3) is 0 Å². The van der Waals surface area contributed by atoms with Gasteiger partial charge in [-0.15, -0.1) is 0 Å². The highest BCUT2D eigenvalue weighted by Crippen LogP contribution is 2.31. The van der Waals surface area contributed by atoms with Crippen molar-refractivity contribution in [3.05, 3.63) is 71.4 Å². The molecular weight excluding hydrogens is 350 g/mol. The van der Waals surface area contributed by atoms with Crippen LogP contribution < -0.4 is 10.1 Å². The quantitative estimate of drug-likeness (QED) is 0.524. The molecule has 4 nitrogen and oxygen atoms in total. The second-order valence-electron chi connectivity index (χ2n) is 5.99. The summed E-state index contributed by atoms with van der Waals surface area (Å²) in [6.07, 6.45) is 1.84. The lowest BCUT2D eigenvalue weighted by molar-refractivity contribution is -0.115. The Labute approximate surface area is 155 Å². The smallest absolute Gasteiger partial charge is 0.229 e. The maximum atomic E-state index is 12.6. The predicted molar refractivity (Wildman–Crippen MR) is 104 cm³/mol. The van der Waals surface area contributed by atoms with Crippen LogP contribution in [0.5, 0.6) is 5.75 Å². The minimum atomic E-state index is -0.166. The van der Waals surface area contributed by atoms with Gasteiger partial charge in [0.2, 0.25) is 5.91 Å². The predicted octanol–water partition coefficient (Wildman–Crippen LogP) is 5.43. The monoisotopic (exact) mass is 365 g/mol. The number of carbonyl (C=O) groups excluding carboxylic acids is 1.